The number of benzene rings is 1. The molecule has 0 spiro atoms. The Morgan fingerprint density at radius 1 is 1.20 bits per heavy atom. The summed E-state index contributed by atoms with van der Waals surface area (Å²) in [5, 5.41) is 9.56. The maximum Gasteiger partial charge on any atom is 0.256 e. The molecule has 1 aliphatic rings. The smallest absolute Gasteiger partial charge is 0.256 e. The summed E-state index contributed by atoms with van der Waals surface area (Å²) < 4.78 is 2.01. The molecular formula is C19H21N5O. The predicted octanol–water partition coefficient (Wildman–Crippen LogP) is 2.23. The average molecular weight is 335 g/mol. The normalized spacial score (nSPS) is 13.8. The van der Waals surface area contributed by atoms with Crippen LogP contribution in [-0.2, 0) is 20.0 Å². The summed E-state index contributed by atoms with van der Waals surface area (Å²) in [5.74, 6) is 0.892. The summed E-state index contributed by atoms with van der Waals surface area (Å²) in [6.07, 6.45) is 2.67. The molecule has 6 nitrogen and oxygen atoms in total. The van der Waals surface area contributed by atoms with Crippen molar-refractivity contribution in [2.24, 2.45) is 7.05 Å². The Bertz CT molecular complexity index is 960. The minimum absolute atomic E-state index is 0.0747. The molecule has 0 N–H and O–H groups in total. The summed E-state index contributed by atoms with van der Waals surface area (Å²) in [5.41, 5.74) is 3.91. The third-order valence-corrected chi connectivity index (χ3v) is 4.80. The highest BCUT2D eigenvalue weighted by molar-refractivity contribution is 6.07. The lowest BCUT2D eigenvalue weighted by Crippen LogP contribution is -2.36. The van der Waals surface area contributed by atoms with Crippen molar-refractivity contribution in [3.8, 4) is 0 Å². The molecule has 0 fully saturated rings. The van der Waals surface area contributed by atoms with Gasteiger partial charge >= 0.3 is 0 Å². The van der Waals surface area contributed by atoms with Gasteiger partial charge in [-0.3, -0.25) is 4.79 Å². The molecule has 0 radical (unpaired) electrons. The number of aryl methyl sites for hydroxylation is 1. The molecule has 3 heterocycles. The molecule has 6 heteroatoms. The van der Waals surface area contributed by atoms with Gasteiger partial charge in [0.05, 0.1) is 11.3 Å². The standard InChI is InChI=1S/C19H21N5O/c1-22(2)18-10-13-11-24(9-8-16(13)20-21-18)19(25)15-12-23(3)17-7-5-4-6-14(15)17/h4-7,10,12H,8-9,11H2,1-3H3. The fraction of sp³-hybridized carbons (Fsp3) is 0.316. The second-order valence-corrected chi connectivity index (χ2v) is 6.72. The van der Waals surface area contributed by atoms with Crippen molar-refractivity contribution in [2.45, 2.75) is 13.0 Å². The van der Waals surface area contributed by atoms with Gasteiger partial charge in [-0.05, 0) is 17.7 Å². The Morgan fingerprint density at radius 2 is 2.00 bits per heavy atom. The molecule has 3 aromatic rings. The largest absolute Gasteiger partial charge is 0.361 e. The zero-order chi connectivity index (χ0) is 17.6. The van der Waals surface area contributed by atoms with Crippen molar-refractivity contribution in [3.63, 3.8) is 0 Å². The minimum Gasteiger partial charge on any atom is -0.361 e. The number of carbonyl (C=O) groups is 1. The predicted molar refractivity (Wildman–Crippen MR) is 97.7 cm³/mol. The SMILES string of the molecule is CN(C)c1cc2c(nn1)CCN(C(=O)c1cn(C)c3ccccc13)C2. The van der Waals surface area contributed by atoms with Gasteiger partial charge < -0.3 is 14.4 Å². The number of fused-ring (bicyclic) bond motifs is 2. The van der Waals surface area contributed by atoms with E-state index >= 15 is 0 Å². The third kappa shape index (κ3) is 2.63. The van der Waals surface area contributed by atoms with E-state index in [0.29, 0.717) is 13.1 Å². The van der Waals surface area contributed by atoms with Gasteiger partial charge in [0.1, 0.15) is 0 Å². The van der Waals surface area contributed by atoms with Gasteiger partial charge in [-0.1, -0.05) is 18.2 Å². The van der Waals surface area contributed by atoms with Gasteiger partial charge in [-0.25, -0.2) is 0 Å². The number of carbonyl (C=O) groups excluding carboxylic acids is 1. The Labute approximate surface area is 146 Å². The quantitative estimate of drug-likeness (QED) is 0.721. The van der Waals surface area contributed by atoms with Crippen LogP contribution in [0.25, 0.3) is 10.9 Å². The molecule has 0 saturated carbocycles. The van der Waals surface area contributed by atoms with Crippen molar-refractivity contribution < 1.29 is 4.79 Å². The molecule has 128 valence electrons. The Hall–Kier alpha value is -2.89. The van der Waals surface area contributed by atoms with E-state index in [2.05, 4.69) is 10.2 Å². The highest BCUT2D eigenvalue weighted by Crippen LogP contribution is 2.25. The van der Waals surface area contributed by atoms with Gasteiger partial charge in [0, 0.05) is 57.8 Å². The van der Waals surface area contributed by atoms with Crippen molar-refractivity contribution >= 4 is 22.6 Å². The fourth-order valence-corrected chi connectivity index (χ4v) is 3.39. The Morgan fingerprint density at radius 3 is 2.80 bits per heavy atom. The summed E-state index contributed by atoms with van der Waals surface area (Å²) in [6.45, 7) is 1.25. The molecule has 0 unspecified atom stereocenters. The van der Waals surface area contributed by atoms with E-state index in [9.17, 15) is 4.79 Å². The van der Waals surface area contributed by atoms with E-state index in [-0.39, 0.29) is 5.91 Å². The lowest BCUT2D eigenvalue weighted by atomic mass is 10.0. The molecule has 2 aromatic heterocycles. The number of para-hydroxylation sites is 1. The van der Waals surface area contributed by atoms with Gasteiger partial charge in [0.15, 0.2) is 5.82 Å². The van der Waals surface area contributed by atoms with E-state index in [1.54, 1.807) is 0 Å². The lowest BCUT2D eigenvalue weighted by Gasteiger charge is -2.28. The molecule has 0 atom stereocenters. The molecule has 1 amide bonds. The first-order valence-electron chi connectivity index (χ1n) is 8.40. The third-order valence-electron chi connectivity index (χ3n) is 4.80. The van der Waals surface area contributed by atoms with E-state index in [1.807, 2.05) is 72.0 Å². The number of hydrogen-bond donors (Lipinski definition) is 0. The molecule has 25 heavy (non-hydrogen) atoms. The molecular weight excluding hydrogens is 314 g/mol. The van der Waals surface area contributed by atoms with Crippen LogP contribution < -0.4 is 4.90 Å². The zero-order valence-corrected chi connectivity index (χ0v) is 14.7. The van der Waals surface area contributed by atoms with Gasteiger partial charge in [-0.15, -0.1) is 5.10 Å². The maximum atomic E-state index is 13.1. The summed E-state index contributed by atoms with van der Waals surface area (Å²) in [6, 6.07) is 10.1. The maximum absolute atomic E-state index is 13.1. The first-order chi connectivity index (χ1) is 12.0. The van der Waals surface area contributed by atoms with Gasteiger partial charge in [-0.2, -0.15) is 5.10 Å². The van der Waals surface area contributed by atoms with Crippen LogP contribution >= 0.6 is 0 Å². The number of anilines is 1. The van der Waals surface area contributed by atoms with Crippen molar-refractivity contribution in [3.05, 3.63) is 53.3 Å². The summed E-state index contributed by atoms with van der Waals surface area (Å²) in [4.78, 5) is 17.0. The van der Waals surface area contributed by atoms with Crippen LogP contribution in [0.15, 0.2) is 36.5 Å². The second-order valence-electron chi connectivity index (χ2n) is 6.72. The van der Waals surface area contributed by atoms with Crippen LogP contribution in [0, 0.1) is 0 Å². The first kappa shape index (κ1) is 15.6. The van der Waals surface area contributed by atoms with Crippen LogP contribution in [0.4, 0.5) is 5.82 Å². The average Bonchev–Trinajstić information content (AvgIpc) is 2.97. The molecule has 1 aromatic carbocycles. The lowest BCUT2D eigenvalue weighted by molar-refractivity contribution is 0.0735. The zero-order valence-electron chi connectivity index (χ0n) is 14.7. The monoisotopic (exact) mass is 335 g/mol. The van der Waals surface area contributed by atoms with Gasteiger partial charge in [0.25, 0.3) is 5.91 Å². The number of amides is 1. The topological polar surface area (TPSA) is 54.3 Å². The van der Waals surface area contributed by atoms with E-state index in [1.165, 1.54) is 0 Å². The fourth-order valence-electron chi connectivity index (χ4n) is 3.39. The number of aromatic nitrogens is 3. The number of hydrogen-bond acceptors (Lipinski definition) is 4. The van der Waals surface area contributed by atoms with Crippen LogP contribution in [0.3, 0.4) is 0 Å². The number of nitrogens with zero attached hydrogens (tertiary/aromatic N) is 5. The Balaban J connectivity index is 1.66. The summed E-state index contributed by atoms with van der Waals surface area (Å²) in [7, 11) is 5.86. The van der Waals surface area contributed by atoms with Crippen LogP contribution in [0.2, 0.25) is 0 Å². The minimum atomic E-state index is 0.0747. The van der Waals surface area contributed by atoms with Crippen molar-refractivity contribution in [2.75, 3.05) is 25.5 Å². The molecule has 4 rings (SSSR count). The van der Waals surface area contributed by atoms with E-state index in [0.717, 1.165) is 40.0 Å². The van der Waals surface area contributed by atoms with Crippen LogP contribution in [-0.4, -0.2) is 46.2 Å². The highest BCUT2D eigenvalue weighted by atomic mass is 16.2. The van der Waals surface area contributed by atoms with Crippen LogP contribution in [0.5, 0.6) is 0 Å². The molecule has 0 bridgehead atoms. The molecule has 0 aliphatic carbocycles. The summed E-state index contributed by atoms with van der Waals surface area (Å²) >= 11 is 0. The van der Waals surface area contributed by atoms with E-state index < -0.39 is 0 Å². The van der Waals surface area contributed by atoms with Crippen LogP contribution in [0.1, 0.15) is 21.6 Å². The van der Waals surface area contributed by atoms with Crippen molar-refractivity contribution in [1.82, 2.24) is 19.7 Å². The number of rotatable bonds is 2. The second kappa shape index (κ2) is 5.88. The van der Waals surface area contributed by atoms with E-state index in [4.69, 9.17) is 0 Å². The molecule has 1 aliphatic heterocycles. The Kier molecular flexibility index (Phi) is 3.67. The van der Waals surface area contributed by atoms with Gasteiger partial charge in [0.2, 0.25) is 0 Å². The highest BCUT2D eigenvalue weighted by Gasteiger charge is 2.25. The first-order valence-corrected chi connectivity index (χ1v) is 8.40. The molecule has 0 saturated heterocycles. The van der Waals surface area contributed by atoms with Crippen molar-refractivity contribution in [1.29, 1.82) is 0 Å².